The van der Waals surface area contributed by atoms with Gasteiger partial charge < -0.3 is 20.1 Å². The third-order valence-electron chi connectivity index (χ3n) is 3.36. The second kappa shape index (κ2) is 5.36. The van der Waals surface area contributed by atoms with Crippen molar-refractivity contribution in [3.63, 3.8) is 0 Å². The summed E-state index contributed by atoms with van der Waals surface area (Å²) in [6.07, 6.45) is 0. The Hall–Kier alpha value is -2.69. The summed E-state index contributed by atoms with van der Waals surface area (Å²) < 4.78 is 10.6. The molecule has 2 aromatic carbocycles. The number of carbonyl (C=O) groups is 1. The third-order valence-corrected chi connectivity index (χ3v) is 3.36. The van der Waals surface area contributed by atoms with Gasteiger partial charge >= 0.3 is 0 Å². The van der Waals surface area contributed by atoms with Gasteiger partial charge in [0.05, 0.1) is 0 Å². The summed E-state index contributed by atoms with van der Waals surface area (Å²) in [5.41, 5.74) is 7.76. The molecule has 3 rings (SSSR count). The number of rotatable bonds is 3. The zero-order chi connectivity index (χ0) is 14.8. The van der Waals surface area contributed by atoms with E-state index in [1.165, 1.54) is 0 Å². The molecule has 0 saturated carbocycles. The molecule has 0 spiro atoms. The topological polar surface area (TPSA) is 64.8 Å². The predicted octanol–water partition coefficient (Wildman–Crippen LogP) is 2.66. The second-order valence-corrected chi connectivity index (χ2v) is 4.71. The van der Waals surface area contributed by atoms with Gasteiger partial charge in [0.15, 0.2) is 11.5 Å². The molecule has 1 aliphatic rings. The lowest BCUT2D eigenvalue weighted by Gasteiger charge is -2.21. The van der Waals surface area contributed by atoms with Gasteiger partial charge in [-0.1, -0.05) is 6.07 Å². The van der Waals surface area contributed by atoms with E-state index in [1.54, 1.807) is 35.2 Å². The van der Waals surface area contributed by atoms with Crippen LogP contribution in [0.2, 0.25) is 0 Å². The van der Waals surface area contributed by atoms with Gasteiger partial charge in [0.2, 0.25) is 6.79 Å². The van der Waals surface area contributed by atoms with Gasteiger partial charge in [-0.05, 0) is 43.3 Å². The lowest BCUT2D eigenvalue weighted by Crippen LogP contribution is -2.30. The molecule has 2 N–H and O–H groups in total. The van der Waals surface area contributed by atoms with Crippen LogP contribution < -0.4 is 20.1 Å². The number of carbonyl (C=O) groups excluding carboxylic acids is 1. The quantitative estimate of drug-likeness (QED) is 0.880. The highest BCUT2D eigenvalue weighted by molar-refractivity contribution is 6.06. The summed E-state index contributed by atoms with van der Waals surface area (Å²) in [6, 6.07) is 12.5. The maximum absolute atomic E-state index is 12.7. The molecule has 0 unspecified atom stereocenters. The average molecular weight is 284 g/mol. The zero-order valence-electron chi connectivity index (χ0n) is 11.7. The first-order valence-electron chi connectivity index (χ1n) is 6.76. The van der Waals surface area contributed by atoms with Crippen LogP contribution in [0, 0.1) is 0 Å². The molecule has 21 heavy (non-hydrogen) atoms. The summed E-state index contributed by atoms with van der Waals surface area (Å²) in [6.45, 7) is 2.67. The van der Waals surface area contributed by atoms with E-state index >= 15 is 0 Å². The molecule has 0 aliphatic carbocycles. The number of ether oxygens (including phenoxy) is 2. The Bertz CT molecular complexity index is 685. The SMILES string of the molecule is CCN(C(=O)c1ccc2c(c1)OCO2)c1cccc(N)c1. The Morgan fingerprint density at radius 1 is 1.19 bits per heavy atom. The fourth-order valence-electron chi connectivity index (χ4n) is 2.32. The van der Waals surface area contributed by atoms with E-state index in [0.29, 0.717) is 29.3 Å². The van der Waals surface area contributed by atoms with Gasteiger partial charge in [0.1, 0.15) is 0 Å². The molecule has 5 nitrogen and oxygen atoms in total. The number of nitrogens with two attached hydrogens (primary N) is 1. The third kappa shape index (κ3) is 2.50. The minimum Gasteiger partial charge on any atom is -0.454 e. The Morgan fingerprint density at radius 3 is 2.76 bits per heavy atom. The van der Waals surface area contributed by atoms with E-state index in [-0.39, 0.29) is 12.7 Å². The second-order valence-electron chi connectivity index (χ2n) is 4.71. The number of anilines is 2. The smallest absolute Gasteiger partial charge is 0.258 e. The fraction of sp³-hybridized carbons (Fsp3) is 0.188. The highest BCUT2D eigenvalue weighted by Crippen LogP contribution is 2.33. The van der Waals surface area contributed by atoms with E-state index in [4.69, 9.17) is 15.2 Å². The van der Waals surface area contributed by atoms with Gasteiger partial charge in [0, 0.05) is 23.5 Å². The predicted molar refractivity (Wildman–Crippen MR) is 80.8 cm³/mol. The largest absolute Gasteiger partial charge is 0.454 e. The molecule has 5 heteroatoms. The minimum absolute atomic E-state index is 0.0959. The molecular weight excluding hydrogens is 268 g/mol. The fourth-order valence-corrected chi connectivity index (χ4v) is 2.32. The van der Waals surface area contributed by atoms with E-state index in [1.807, 2.05) is 19.1 Å². The number of amides is 1. The molecule has 0 saturated heterocycles. The minimum atomic E-state index is -0.0959. The van der Waals surface area contributed by atoms with Crippen LogP contribution in [0.4, 0.5) is 11.4 Å². The molecule has 0 bridgehead atoms. The molecular formula is C16H16N2O3. The van der Waals surface area contributed by atoms with Crippen molar-refractivity contribution in [2.45, 2.75) is 6.92 Å². The number of hydrogen-bond donors (Lipinski definition) is 1. The van der Waals surface area contributed by atoms with Crippen molar-refractivity contribution in [3.05, 3.63) is 48.0 Å². The van der Waals surface area contributed by atoms with Gasteiger partial charge in [-0.15, -0.1) is 0 Å². The molecule has 2 aromatic rings. The first kappa shape index (κ1) is 13.3. The monoisotopic (exact) mass is 284 g/mol. The van der Waals surface area contributed by atoms with Crippen LogP contribution in [0.25, 0.3) is 0 Å². The van der Waals surface area contributed by atoms with Gasteiger partial charge in [0.25, 0.3) is 5.91 Å². The van der Waals surface area contributed by atoms with Crippen molar-refractivity contribution in [2.75, 3.05) is 24.0 Å². The van der Waals surface area contributed by atoms with Gasteiger partial charge in [-0.25, -0.2) is 0 Å². The Morgan fingerprint density at radius 2 is 2.00 bits per heavy atom. The van der Waals surface area contributed by atoms with Crippen LogP contribution in [0.1, 0.15) is 17.3 Å². The van der Waals surface area contributed by atoms with Crippen molar-refractivity contribution >= 4 is 17.3 Å². The molecule has 0 atom stereocenters. The Kier molecular flexibility index (Phi) is 3.39. The summed E-state index contributed by atoms with van der Waals surface area (Å²) in [4.78, 5) is 14.4. The van der Waals surface area contributed by atoms with Crippen LogP contribution >= 0.6 is 0 Å². The van der Waals surface area contributed by atoms with Crippen LogP contribution in [0.15, 0.2) is 42.5 Å². The number of nitrogen functional groups attached to an aromatic ring is 1. The van der Waals surface area contributed by atoms with Crippen molar-refractivity contribution in [1.82, 2.24) is 0 Å². The summed E-state index contributed by atoms with van der Waals surface area (Å²) >= 11 is 0. The molecule has 1 amide bonds. The van der Waals surface area contributed by atoms with Crippen molar-refractivity contribution < 1.29 is 14.3 Å². The average Bonchev–Trinajstić information content (AvgIpc) is 2.95. The Labute approximate surface area is 122 Å². The van der Waals surface area contributed by atoms with E-state index in [0.717, 1.165) is 5.69 Å². The van der Waals surface area contributed by atoms with Crippen LogP contribution in [0.5, 0.6) is 11.5 Å². The summed E-state index contributed by atoms with van der Waals surface area (Å²) in [5, 5.41) is 0. The zero-order valence-corrected chi connectivity index (χ0v) is 11.7. The molecule has 108 valence electrons. The first-order valence-corrected chi connectivity index (χ1v) is 6.76. The van der Waals surface area contributed by atoms with Crippen LogP contribution in [0.3, 0.4) is 0 Å². The van der Waals surface area contributed by atoms with Crippen LogP contribution in [-0.2, 0) is 0 Å². The normalized spacial score (nSPS) is 12.2. The standard InChI is InChI=1S/C16H16N2O3/c1-2-18(13-5-3-4-12(17)9-13)16(19)11-6-7-14-15(8-11)21-10-20-14/h3-9H,2,10,17H2,1H3. The number of nitrogens with zero attached hydrogens (tertiary/aromatic N) is 1. The lowest BCUT2D eigenvalue weighted by molar-refractivity contribution is 0.0988. The van der Waals surface area contributed by atoms with Crippen molar-refractivity contribution in [1.29, 1.82) is 0 Å². The number of fused-ring (bicyclic) bond motifs is 1. The van der Waals surface area contributed by atoms with Crippen molar-refractivity contribution in [3.8, 4) is 11.5 Å². The van der Waals surface area contributed by atoms with Gasteiger partial charge in [-0.2, -0.15) is 0 Å². The molecule has 0 radical (unpaired) electrons. The van der Waals surface area contributed by atoms with Gasteiger partial charge in [-0.3, -0.25) is 4.79 Å². The maximum Gasteiger partial charge on any atom is 0.258 e. The van der Waals surface area contributed by atoms with E-state index in [9.17, 15) is 4.79 Å². The number of hydrogen-bond acceptors (Lipinski definition) is 4. The maximum atomic E-state index is 12.7. The summed E-state index contributed by atoms with van der Waals surface area (Å²) in [7, 11) is 0. The van der Waals surface area contributed by atoms with E-state index in [2.05, 4.69) is 0 Å². The lowest BCUT2D eigenvalue weighted by atomic mass is 10.1. The highest BCUT2D eigenvalue weighted by atomic mass is 16.7. The van der Waals surface area contributed by atoms with E-state index < -0.39 is 0 Å². The molecule has 1 aliphatic heterocycles. The molecule has 0 fully saturated rings. The number of benzene rings is 2. The molecule has 1 heterocycles. The van der Waals surface area contributed by atoms with Crippen molar-refractivity contribution in [2.24, 2.45) is 0 Å². The molecule has 0 aromatic heterocycles. The van der Waals surface area contributed by atoms with Crippen LogP contribution in [-0.4, -0.2) is 19.2 Å². The summed E-state index contributed by atoms with van der Waals surface area (Å²) in [5.74, 6) is 1.17. The first-order chi connectivity index (χ1) is 10.2. The Balaban J connectivity index is 1.92. The highest BCUT2D eigenvalue weighted by Gasteiger charge is 2.20.